The zero-order chi connectivity index (χ0) is 20.5. The fraction of sp³-hybridized carbons (Fsp3) is 0.421. The number of aliphatic carboxylic acids is 1. The van der Waals surface area contributed by atoms with E-state index in [1.54, 1.807) is 12.3 Å². The van der Waals surface area contributed by atoms with Crippen molar-refractivity contribution in [3.05, 3.63) is 34.7 Å². The molecular weight excluding hydrogens is 398 g/mol. The number of anilines is 1. The van der Waals surface area contributed by atoms with Gasteiger partial charge in [-0.15, -0.1) is 0 Å². The van der Waals surface area contributed by atoms with Gasteiger partial charge in [-0.1, -0.05) is 11.6 Å². The molecule has 29 heavy (non-hydrogen) atoms. The first-order valence-electron chi connectivity index (χ1n) is 9.34. The molecule has 9 nitrogen and oxygen atoms in total. The lowest BCUT2D eigenvalue weighted by molar-refractivity contribution is -0.141. The number of aromatic nitrogens is 3. The molecule has 10 heteroatoms. The van der Waals surface area contributed by atoms with Crippen LogP contribution in [0.2, 0.25) is 5.02 Å². The number of carboxylic acid groups (broad SMARTS) is 1. The largest absolute Gasteiger partial charge is 0.480 e. The monoisotopic (exact) mass is 417 g/mol. The summed E-state index contributed by atoms with van der Waals surface area (Å²) in [7, 11) is 0. The van der Waals surface area contributed by atoms with Gasteiger partial charge < -0.3 is 20.1 Å². The molecular formula is C19H20ClN5O4. The second-order valence-corrected chi connectivity index (χ2v) is 7.49. The number of hydrogen-bond donors (Lipinski definition) is 2. The van der Waals surface area contributed by atoms with Gasteiger partial charge in [0.15, 0.2) is 0 Å². The van der Waals surface area contributed by atoms with Crippen molar-refractivity contribution in [2.24, 2.45) is 0 Å². The van der Waals surface area contributed by atoms with Crippen molar-refractivity contribution in [1.82, 2.24) is 19.9 Å². The maximum Gasteiger partial charge on any atom is 0.326 e. The molecule has 1 saturated heterocycles. The minimum atomic E-state index is -1.06. The van der Waals surface area contributed by atoms with E-state index in [1.165, 1.54) is 18.0 Å². The van der Waals surface area contributed by atoms with Crippen LogP contribution in [-0.2, 0) is 16.1 Å². The average molecular weight is 418 g/mol. The van der Waals surface area contributed by atoms with Crippen LogP contribution in [0.25, 0.3) is 11.3 Å². The van der Waals surface area contributed by atoms with Crippen LogP contribution < -0.4 is 5.32 Å². The van der Waals surface area contributed by atoms with Gasteiger partial charge in [0.25, 0.3) is 5.91 Å². The van der Waals surface area contributed by atoms with E-state index in [1.807, 2.05) is 0 Å². The van der Waals surface area contributed by atoms with Crippen molar-refractivity contribution in [2.75, 3.05) is 18.5 Å². The Bertz CT molecular complexity index is 964. The Morgan fingerprint density at radius 1 is 1.34 bits per heavy atom. The molecule has 4 rings (SSSR count). The number of pyridine rings is 1. The lowest BCUT2D eigenvalue weighted by Gasteiger charge is -2.23. The number of carboxylic acids is 1. The maximum atomic E-state index is 12.7. The molecule has 2 N–H and O–H groups in total. The van der Waals surface area contributed by atoms with Crippen LogP contribution in [0.5, 0.6) is 0 Å². The predicted octanol–water partition coefficient (Wildman–Crippen LogP) is 2.21. The molecule has 2 aliphatic heterocycles. The zero-order valence-electron chi connectivity index (χ0n) is 15.8. The number of carbonyl (C=O) groups excluding carboxylic acids is 1. The molecule has 0 spiro atoms. The molecule has 0 bridgehead atoms. The number of hydrogen-bond acceptors (Lipinski definition) is 7. The molecule has 152 valence electrons. The summed E-state index contributed by atoms with van der Waals surface area (Å²) in [5.41, 5.74) is 1.94. The topological polar surface area (TPSA) is 118 Å². The predicted molar refractivity (Wildman–Crippen MR) is 105 cm³/mol. The molecule has 0 radical (unpaired) electrons. The van der Waals surface area contributed by atoms with Gasteiger partial charge in [-0.05, 0) is 25.8 Å². The zero-order valence-corrected chi connectivity index (χ0v) is 16.5. The lowest BCUT2D eigenvalue weighted by atomic mass is 10.1. The summed E-state index contributed by atoms with van der Waals surface area (Å²) < 4.78 is 5.36. The first-order valence-corrected chi connectivity index (χ1v) is 9.71. The van der Waals surface area contributed by atoms with Crippen LogP contribution in [0.4, 0.5) is 5.95 Å². The average Bonchev–Trinajstić information content (AvgIpc) is 3.05. The second-order valence-electron chi connectivity index (χ2n) is 7.09. The number of fused-ring (bicyclic) bond motifs is 1. The number of rotatable bonds is 5. The van der Waals surface area contributed by atoms with Crippen molar-refractivity contribution in [2.45, 2.75) is 38.4 Å². The summed E-state index contributed by atoms with van der Waals surface area (Å²) in [6.07, 6.45) is 4.84. The molecule has 1 amide bonds. The third-order valence-electron chi connectivity index (χ3n) is 5.18. The smallest absolute Gasteiger partial charge is 0.326 e. The highest BCUT2D eigenvalue weighted by Gasteiger charge is 2.35. The Balaban J connectivity index is 1.61. The highest BCUT2D eigenvalue weighted by molar-refractivity contribution is 6.32. The third-order valence-corrected chi connectivity index (χ3v) is 5.46. The molecule has 2 aromatic heterocycles. The SMILES string of the molecule is C[C@H](C(=O)O)N1Cc2ncc(-c3nc(NC4CCOCC4)ncc3Cl)cc2C1=O. The number of nitrogens with one attached hydrogen (secondary N) is 1. The standard InChI is InChI=1S/C19H20ClN5O4/c1-10(18(27)28)25-9-15-13(17(25)26)6-11(7-21-15)16-14(20)8-22-19(24-16)23-12-2-4-29-5-3-12/h6-8,10,12H,2-5,9H2,1H3,(H,27,28)(H,22,23,24)/t10-/m1/s1. The Kier molecular flexibility index (Phi) is 5.33. The highest BCUT2D eigenvalue weighted by Crippen LogP contribution is 2.31. The second kappa shape index (κ2) is 7.92. The van der Waals surface area contributed by atoms with Gasteiger partial charge in [-0.3, -0.25) is 9.78 Å². The summed E-state index contributed by atoms with van der Waals surface area (Å²) in [4.78, 5) is 38.3. The highest BCUT2D eigenvalue weighted by atomic mass is 35.5. The van der Waals surface area contributed by atoms with E-state index in [4.69, 9.17) is 16.3 Å². The van der Waals surface area contributed by atoms with E-state index in [0.29, 0.717) is 46.7 Å². The Hall–Kier alpha value is -2.78. The van der Waals surface area contributed by atoms with Gasteiger partial charge in [-0.2, -0.15) is 0 Å². The minimum absolute atomic E-state index is 0.163. The van der Waals surface area contributed by atoms with Crippen molar-refractivity contribution in [3.63, 3.8) is 0 Å². The maximum absolute atomic E-state index is 12.7. The summed E-state index contributed by atoms with van der Waals surface area (Å²) >= 11 is 6.31. The Morgan fingerprint density at radius 2 is 2.10 bits per heavy atom. The molecule has 0 unspecified atom stereocenters. The summed E-state index contributed by atoms with van der Waals surface area (Å²) in [5.74, 6) is -0.978. The number of halogens is 1. The van der Waals surface area contributed by atoms with Crippen LogP contribution in [0.3, 0.4) is 0 Å². The number of carbonyl (C=O) groups is 2. The van der Waals surface area contributed by atoms with Crippen LogP contribution in [0.15, 0.2) is 18.5 Å². The van der Waals surface area contributed by atoms with Gasteiger partial charge in [0.1, 0.15) is 6.04 Å². The summed E-state index contributed by atoms with van der Waals surface area (Å²) in [6.45, 7) is 3.03. The summed E-state index contributed by atoms with van der Waals surface area (Å²) in [6, 6.07) is 0.952. The van der Waals surface area contributed by atoms with E-state index in [9.17, 15) is 14.7 Å². The number of ether oxygens (including phenoxy) is 1. The van der Waals surface area contributed by atoms with Crippen LogP contribution in [-0.4, -0.2) is 62.1 Å². The molecule has 2 aliphatic rings. The van der Waals surface area contributed by atoms with E-state index in [0.717, 1.165) is 12.8 Å². The van der Waals surface area contributed by atoms with Gasteiger partial charge in [0.2, 0.25) is 5.95 Å². The number of amides is 1. The Labute approximate surface area is 172 Å². The number of nitrogens with zero attached hydrogens (tertiary/aromatic N) is 4. The molecule has 0 aromatic carbocycles. The first-order chi connectivity index (χ1) is 13.9. The Morgan fingerprint density at radius 3 is 2.83 bits per heavy atom. The van der Waals surface area contributed by atoms with Crippen LogP contribution >= 0.6 is 11.6 Å². The minimum Gasteiger partial charge on any atom is -0.480 e. The van der Waals surface area contributed by atoms with Gasteiger partial charge in [0, 0.05) is 31.0 Å². The summed E-state index contributed by atoms with van der Waals surface area (Å²) in [5, 5.41) is 12.8. The van der Waals surface area contributed by atoms with Crippen LogP contribution in [0.1, 0.15) is 35.8 Å². The van der Waals surface area contributed by atoms with Crippen LogP contribution in [0, 0.1) is 0 Å². The van der Waals surface area contributed by atoms with Crippen molar-refractivity contribution in [1.29, 1.82) is 0 Å². The molecule has 2 aromatic rings. The molecule has 1 fully saturated rings. The fourth-order valence-corrected chi connectivity index (χ4v) is 3.63. The van der Waals surface area contributed by atoms with E-state index in [-0.39, 0.29) is 18.5 Å². The third kappa shape index (κ3) is 3.88. The molecule has 4 heterocycles. The van der Waals surface area contributed by atoms with Gasteiger partial charge in [-0.25, -0.2) is 14.8 Å². The van der Waals surface area contributed by atoms with Crippen molar-refractivity contribution < 1.29 is 19.4 Å². The molecule has 0 aliphatic carbocycles. The van der Waals surface area contributed by atoms with E-state index < -0.39 is 12.0 Å². The van der Waals surface area contributed by atoms with Gasteiger partial charge in [0.05, 0.1) is 34.7 Å². The first kappa shape index (κ1) is 19.5. The lowest BCUT2D eigenvalue weighted by Crippen LogP contribution is -2.38. The molecule has 1 atom stereocenters. The van der Waals surface area contributed by atoms with E-state index in [2.05, 4.69) is 20.3 Å². The van der Waals surface area contributed by atoms with Crippen molar-refractivity contribution in [3.8, 4) is 11.3 Å². The van der Waals surface area contributed by atoms with Crippen molar-refractivity contribution >= 4 is 29.4 Å². The quantitative estimate of drug-likeness (QED) is 0.760. The van der Waals surface area contributed by atoms with Gasteiger partial charge >= 0.3 is 5.97 Å². The molecule has 0 saturated carbocycles. The fourth-order valence-electron chi connectivity index (χ4n) is 3.43. The van der Waals surface area contributed by atoms with E-state index >= 15 is 0 Å². The normalized spacial score (nSPS) is 17.9.